The lowest BCUT2D eigenvalue weighted by Gasteiger charge is -2.46. The summed E-state index contributed by atoms with van der Waals surface area (Å²) in [5.74, 6) is -0.241. The quantitative estimate of drug-likeness (QED) is 0.0204. The second kappa shape index (κ2) is 61.1. The molecule has 9 N–H and O–H groups in total. The summed E-state index contributed by atoms with van der Waals surface area (Å²) in [4.78, 5) is 13.3. The fourth-order valence-electron chi connectivity index (χ4n) is 13.0. The number of hydrogen-bond donors (Lipinski definition) is 9. The van der Waals surface area contributed by atoms with E-state index in [4.69, 9.17) is 18.9 Å². The molecule has 0 saturated carbocycles. The van der Waals surface area contributed by atoms with Crippen molar-refractivity contribution in [1.82, 2.24) is 5.32 Å². The molecule has 2 heterocycles. The van der Waals surface area contributed by atoms with Gasteiger partial charge in [0.05, 0.1) is 32.0 Å². The molecule has 2 aliphatic rings. The van der Waals surface area contributed by atoms with Crippen LogP contribution in [0.4, 0.5) is 0 Å². The van der Waals surface area contributed by atoms with E-state index in [-0.39, 0.29) is 18.9 Å². The van der Waals surface area contributed by atoms with Gasteiger partial charge in [0.25, 0.3) is 0 Å². The molecular formula is C76H145NO13. The first-order valence-electron chi connectivity index (χ1n) is 38.6. The van der Waals surface area contributed by atoms with Crippen LogP contribution in [0.3, 0.4) is 0 Å². The molecule has 0 bridgehead atoms. The van der Waals surface area contributed by atoms with Crippen molar-refractivity contribution in [2.45, 2.75) is 434 Å². The fraction of sp³-hybridized carbons (Fsp3) is 0.934. The van der Waals surface area contributed by atoms with Crippen molar-refractivity contribution in [3.8, 4) is 0 Å². The van der Waals surface area contributed by atoms with Crippen molar-refractivity contribution in [3.63, 3.8) is 0 Å². The number of allylic oxidation sites excluding steroid dienone is 3. The highest BCUT2D eigenvalue weighted by molar-refractivity contribution is 5.76. The first-order chi connectivity index (χ1) is 44.1. The summed E-state index contributed by atoms with van der Waals surface area (Å²) in [7, 11) is 0. The van der Waals surface area contributed by atoms with E-state index in [0.717, 1.165) is 32.1 Å². The van der Waals surface area contributed by atoms with Crippen LogP contribution in [0.5, 0.6) is 0 Å². The van der Waals surface area contributed by atoms with E-state index in [1.54, 1.807) is 6.08 Å². The van der Waals surface area contributed by atoms with Gasteiger partial charge in [0.15, 0.2) is 12.6 Å². The zero-order valence-electron chi connectivity index (χ0n) is 58.2. The van der Waals surface area contributed by atoms with Gasteiger partial charge < -0.3 is 65.1 Å². The van der Waals surface area contributed by atoms with Gasteiger partial charge >= 0.3 is 0 Å². The number of carbonyl (C=O) groups is 1. The highest BCUT2D eigenvalue weighted by Crippen LogP contribution is 2.30. The van der Waals surface area contributed by atoms with Crippen molar-refractivity contribution in [1.29, 1.82) is 0 Å². The normalized spacial score (nSPS) is 23.0. The number of nitrogens with one attached hydrogen (secondary N) is 1. The van der Waals surface area contributed by atoms with Crippen LogP contribution in [0, 0.1) is 0 Å². The summed E-state index contributed by atoms with van der Waals surface area (Å²) in [6, 6.07) is -0.929. The van der Waals surface area contributed by atoms with Gasteiger partial charge in [0.1, 0.15) is 48.8 Å². The van der Waals surface area contributed by atoms with Gasteiger partial charge in [-0.25, -0.2) is 0 Å². The second-order valence-corrected chi connectivity index (χ2v) is 27.5. The molecule has 0 aliphatic carbocycles. The van der Waals surface area contributed by atoms with Gasteiger partial charge in [-0.1, -0.05) is 346 Å². The highest BCUT2D eigenvalue weighted by Gasteiger charge is 2.51. The lowest BCUT2D eigenvalue weighted by molar-refractivity contribution is -0.359. The number of aliphatic hydroxyl groups excluding tert-OH is 8. The molecule has 0 aromatic heterocycles. The van der Waals surface area contributed by atoms with E-state index < -0.39 is 86.8 Å². The van der Waals surface area contributed by atoms with Crippen molar-refractivity contribution < 1.29 is 64.6 Å². The predicted molar refractivity (Wildman–Crippen MR) is 369 cm³/mol. The molecule has 2 saturated heterocycles. The van der Waals surface area contributed by atoms with Gasteiger partial charge in [0, 0.05) is 6.42 Å². The third-order valence-corrected chi connectivity index (χ3v) is 19.1. The van der Waals surface area contributed by atoms with E-state index in [1.807, 2.05) is 6.08 Å². The summed E-state index contributed by atoms with van der Waals surface area (Å²) < 4.78 is 22.9. The van der Waals surface area contributed by atoms with E-state index in [2.05, 4.69) is 31.3 Å². The van der Waals surface area contributed by atoms with E-state index in [0.29, 0.717) is 12.8 Å². The number of ether oxygens (including phenoxy) is 4. The highest BCUT2D eigenvalue weighted by atomic mass is 16.7. The molecule has 14 heteroatoms. The Morgan fingerprint density at radius 2 is 0.711 bits per heavy atom. The van der Waals surface area contributed by atoms with Gasteiger partial charge in [-0.05, 0) is 32.1 Å². The maximum Gasteiger partial charge on any atom is 0.220 e. The molecule has 532 valence electrons. The van der Waals surface area contributed by atoms with Crippen LogP contribution in [-0.4, -0.2) is 140 Å². The fourth-order valence-corrected chi connectivity index (χ4v) is 13.0. The maximum atomic E-state index is 13.3. The molecule has 2 rings (SSSR count). The Morgan fingerprint density at radius 1 is 0.389 bits per heavy atom. The maximum absolute atomic E-state index is 13.3. The molecule has 2 aliphatic heterocycles. The largest absolute Gasteiger partial charge is 0.394 e. The van der Waals surface area contributed by atoms with E-state index >= 15 is 0 Å². The Balaban J connectivity index is 1.58. The van der Waals surface area contributed by atoms with Crippen molar-refractivity contribution >= 4 is 5.91 Å². The monoisotopic (exact) mass is 1280 g/mol. The molecule has 0 radical (unpaired) electrons. The molecule has 90 heavy (non-hydrogen) atoms. The van der Waals surface area contributed by atoms with Gasteiger partial charge in [0.2, 0.25) is 5.91 Å². The molecule has 14 nitrogen and oxygen atoms in total. The summed E-state index contributed by atoms with van der Waals surface area (Å²) in [5, 5.41) is 87.5. The molecule has 1 amide bonds. The van der Waals surface area contributed by atoms with Crippen LogP contribution in [0.2, 0.25) is 0 Å². The predicted octanol–water partition coefficient (Wildman–Crippen LogP) is 16.7. The summed E-state index contributed by atoms with van der Waals surface area (Å²) in [5.41, 5.74) is 0. The van der Waals surface area contributed by atoms with Crippen LogP contribution in [0.25, 0.3) is 0 Å². The van der Waals surface area contributed by atoms with Crippen LogP contribution < -0.4 is 5.32 Å². The van der Waals surface area contributed by atoms with Crippen LogP contribution in [0.15, 0.2) is 24.3 Å². The number of unbranched alkanes of at least 4 members (excludes halogenated alkanes) is 50. The molecule has 0 spiro atoms. The molecule has 0 aromatic rings. The Hall–Kier alpha value is -1.53. The Bertz CT molecular complexity index is 1600. The second-order valence-electron chi connectivity index (χ2n) is 27.5. The molecule has 12 atom stereocenters. The lowest BCUT2D eigenvalue weighted by Crippen LogP contribution is -2.65. The average Bonchev–Trinajstić information content (AvgIpc) is 2.49. The zero-order chi connectivity index (χ0) is 65.2. The topological polar surface area (TPSA) is 228 Å². The number of amides is 1. The smallest absolute Gasteiger partial charge is 0.220 e. The lowest BCUT2D eigenvalue weighted by atomic mass is 9.97. The number of aliphatic hydroxyl groups is 8. The van der Waals surface area contributed by atoms with Crippen molar-refractivity contribution in [3.05, 3.63) is 24.3 Å². The summed E-state index contributed by atoms with van der Waals surface area (Å²) >= 11 is 0. The minimum absolute atomic E-state index is 0.241. The van der Waals surface area contributed by atoms with Crippen LogP contribution >= 0.6 is 0 Å². The minimum atomic E-state index is -1.79. The molecule has 2 fully saturated rings. The first kappa shape index (κ1) is 84.6. The van der Waals surface area contributed by atoms with E-state index in [9.17, 15) is 45.6 Å². The third-order valence-electron chi connectivity index (χ3n) is 19.1. The molecule has 12 unspecified atom stereocenters. The average molecular weight is 1280 g/mol. The van der Waals surface area contributed by atoms with Gasteiger partial charge in [-0.3, -0.25) is 4.79 Å². The standard InChI is InChI=1S/C76H145NO13/c1-3-5-7-9-11-13-15-17-19-21-23-24-25-26-27-28-29-30-31-32-33-34-35-36-37-38-39-40-42-44-46-48-50-52-54-56-58-60-68(81)77-64(65(80)59-57-55-53-51-49-47-45-43-41-22-20-18-16-14-12-10-8-6-4-2)63-87-75-73(86)71(84)74(67(62-79)89-75)90-76-72(85)70(83)69(82)66(61-78)88-76/h49,51,57,59,64-67,69-76,78-80,82-86H,3-48,50,52-56,58,60-63H2,1-2H3,(H,77,81)/b51-49+,59-57+. The Morgan fingerprint density at radius 3 is 1.09 bits per heavy atom. The SMILES string of the molecule is CCCCCCCCCCCCCCC/C=C/CC/C=C/C(O)C(COC1OC(CO)C(OC2OC(CO)C(O)C(O)C2O)C(O)C1O)NC(=O)CCCCCCCCCCCCCCCCCCCCCCCCCCCCCCCCCCCCCCC. The van der Waals surface area contributed by atoms with Gasteiger partial charge in [-0.15, -0.1) is 0 Å². The van der Waals surface area contributed by atoms with Crippen molar-refractivity contribution in [2.24, 2.45) is 0 Å². The number of carbonyl (C=O) groups excluding carboxylic acids is 1. The van der Waals surface area contributed by atoms with Crippen molar-refractivity contribution in [2.75, 3.05) is 19.8 Å². The molecular weight excluding hydrogens is 1130 g/mol. The Kier molecular flexibility index (Phi) is 57.4. The van der Waals surface area contributed by atoms with Gasteiger partial charge in [-0.2, -0.15) is 0 Å². The molecule has 0 aromatic carbocycles. The van der Waals surface area contributed by atoms with E-state index in [1.165, 1.54) is 295 Å². The minimum Gasteiger partial charge on any atom is -0.394 e. The summed E-state index contributed by atoms with van der Waals surface area (Å²) in [6.07, 6.45) is 61.3. The summed E-state index contributed by atoms with van der Waals surface area (Å²) in [6.45, 7) is 2.84. The van der Waals surface area contributed by atoms with Crippen LogP contribution in [-0.2, 0) is 23.7 Å². The first-order valence-corrected chi connectivity index (χ1v) is 38.6. The zero-order valence-corrected chi connectivity index (χ0v) is 58.2. The third kappa shape index (κ3) is 44.3. The Labute approximate surface area is 551 Å². The number of rotatable bonds is 65. The number of hydrogen-bond acceptors (Lipinski definition) is 13. The van der Waals surface area contributed by atoms with Crippen LogP contribution in [0.1, 0.15) is 361 Å².